The van der Waals surface area contributed by atoms with Crippen molar-refractivity contribution < 1.29 is 9.59 Å². The second-order valence-corrected chi connectivity index (χ2v) is 7.90. The molecule has 0 amide bonds. The molecule has 0 radical (unpaired) electrons. The van der Waals surface area contributed by atoms with E-state index in [4.69, 9.17) is 23.2 Å². The summed E-state index contributed by atoms with van der Waals surface area (Å²) in [5.41, 5.74) is 1.77. The SMILES string of the molecule is O=C(/C=C/c1ccc(/C=C/C(=O)c2sccc2Cl)cc1)c1sccc1Cl. The number of hydrogen-bond acceptors (Lipinski definition) is 4. The van der Waals surface area contributed by atoms with Gasteiger partial charge >= 0.3 is 0 Å². The van der Waals surface area contributed by atoms with Gasteiger partial charge in [0.1, 0.15) is 0 Å². The van der Waals surface area contributed by atoms with Crippen molar-refractivity contribution >= 4 is 69.6 Å². The number of rotatable bonds is 6. The van der Waals surface area contributed by atoms with Gasteiger partial charge in [0.05, 0.1) is 19.8 Å². The smallest absolute Gasteiger partial charge is 0.197 e. The predicted molar refractivity (Wildman–Crippen MR) is 112 cm³/mol. The van der Waals surface area contributed by atoms with Gasteiger partial charge in [-0.25, -0.2) is 0 Å². The third-order valence-corrected chi connectivity index (χ3v) is 6.18. The van der Waals surface area contributed by atoms with Crippen LogP contribution in [-0.4, -0.2) is 11.6 Å². The van der Waals surface area contributed by atoms with Gasteiger partial charge in [0.25, 0.3) is 0 Å². The maximum atomic E-state index is 12.1. The molecule has 130 valence electrons. The molecule has 26 heavy (non-hydrogen) atoms. The second kappa shape index (κ2) is 8.60. The van der Waals surface area contributed by atoms with Gasteiger partial charge in [-0.05, 0) is 46.2 Å². The minimum atomic E-state index is -0.118. The van der Waals surface area contributed by atoms with E-state index in [9.17, 15) is 9.59 Å². The molecule has 0 bridgehead atoms. The van der Waals surface area contributed by atoms with Crippen molar-refractivity contribution in [1.82, 2.24) is 0 Å². The molecule has 0 fully saturated rings. The van der Waals surface area contributed by atoms with Crippen molar-refractivity contribution in [3.8, 4) is 0 Å². The molecule has 0 aliphatic carbocycles. The summed E-state index contributed by atoms with van der Waals surface area (Å²) in [7, 11) is 0. The molecule has 0 unspecified atom stereocenters. The first-order valence-corrected chi connectivity index (χ1v) is 10.1. The average molecular weight is 419 g/mol. The number of benzene rings is 1. The molecule has 6 heteroatoms. The lowest BCUT2D eigenvalue weighted by Gasteiger charge is -1.97. The quantitative estimate of drug-likeness (QED) is 0.321. The fourth-order valence-corrected chi connectivity index (χ4v) is 4.29. The van der Waals surface area contributed by atoms with E-state index in [-0.39, 0.29) is 11.6 Å². The van der Waals surface area contributed by atoms with E-state index in [0.29, 0.717) is 19.8 Å². The highest BCUT2D eigenvalue weighted by Gasteiger charge is 2.09. The number of halogens is 2. The van der Waals surface area contributed by atoms with Crippen LogP contribution in [-0.2, 0) is 0 Å². The van der Waals surface area contributed by atoms with Gasteiger partial charge in [0, 0.05) is 0 Å². The zero-order valence-electron chi connectivity index (χ0n) is 13.3. The highest BCUT2D eigenvalue weighted by atomic mass is 35.5. The summed E-state index contributed by atoms with van der Waals surface area (Å²) in [6, 6.07) is 10.9. The molecule has 0 saturated carbocycles. The molecule has 0 saturated heterocycles. The summed E-state index contributed by atoms with van der Waals surface area (Å²) in [4.78, 5) is 25.2. The second-order valence-electron chi connectivity index (χ2n) is 5.26. The Morgan fingerprint density at radius 1 is 0.692 bits per heavy atom. The van der Waals surface area contributed by atoms with E-state index in [1.54, 1.807) is 35.0 Å². The van der Waals surface area contributed by atoms with Crippen molar-refractivity contribution in [3.05, 3.63) is 90.2 Å². The van der Waals surface area contributed by atoms with Gasteiger partial charge in [0.15, 0.2) is 11.6 Å². The first kappa shape index (κ1) is 18.8. The Balaban J connectivity index is 1.65. The van der Waals surface area contributed by atoms with Crippen LogP contribution < -0.4 is 0 Å². The van der Waals surface area contributed by atoms with Gasteiger partial charge in [-0.3, -0.25) is 9.59 Å². The Kier molecular flexibility index (Phi) is 6.22. The number of carbonyl (C=O) groups excluding carboxylic acids is 2. The Hall–Kier alpha value is -1.98. The Labute approximate surface area is 169 Å². The highest BCUT2D eigenvalue weighted by Crippen LogP contribution is 2.24. The van der Waals surface area contributed by atoms with Crippen LogP contribution in [0.3, 0.4) is 0 Å². The Morgan fingerprint density at radius 3 is 1.38 bits per heavy atom. The lowest BCUT2D eigenvalue weighted by molar-refractivity contribution is 0.104. The molecular weight excluding hydrogens is 407 g/mol. The van der Waals surface area contributed by atoms with Crippen LogP contribution in [0.4, 0.5) is 0 Å². The van der Waals surface area contributed by atoms with Gasteiger partial charge in [-0.1, -0.05) is 59.6 Å². The lowest BCUT2D eigenvalue weighted by Crippen LogP contribution is -1.90. The van der Waals surface area contributed by atoms with E-state index in [0.717, 1.165) is 11.1 Å². The van der Waals surface area contributed by atoms with E-state index >= 15 is 0 Å². The number of thiophene rings is 2. The number of allylic oxidation sites excluding steroid dienone is 2. The molecule has 0 aliphatic heterocycles. The van der Waals surface area contributed by atoms with Crippen molar-refractivity contribution in [2.75, 3.05) is 0 Å². The molecule has 0 N–H and O–H groups in total. The van der Waals surface area contributed by atoms with Crippen LogP contribution in [0.1, 0.15) is 30.5 Å². The minimum Gasteiger partial charge on any atom is -0.288 e. The zero-order chi connectivity index (χ0) is 18.5. The topological polar surface area (TPSA) is 34.1 Å². The number of hydrogen-bond donors (Lipinski definition) is 0. The van der Waals surface area contributed by atoms with Crippen LogP contribution in [0, 0.1) is 0 Å². The molecule has 2 heterocycles. The minimum absolute atomic E-state index is 0.118. The van der Waals surface area contributed by atoms with E-state index in [2.05, 4.69) is 0 Å². The predicted octanol–water partition coefficient (Wildman–Crippen LogP) is 6.91. The molecule has 3 aromatic rings. The van der Waals surface area contributed by atoms with E-state index < -0.39 is 0 Å². The number of carbonyl (C=O) groups is 2. The molecule has 2 aromatic heterocycles. The summed E-state index contributed by atoms with van der Waals surface area (Å²) in [6.07, 6.45) is 6.49. The van der Waals surface area contributed by atoms with Crippen molar-refractivity contribution in [2.45, 2.75) is 0 Å². The fourth-order valence-electron chi connectivity index (χ4n) is 2.15. The molecule has 0 atom stereocenters. The van der Waals surface area contributed by atoms with Crippen LogP contribution in [0.2, 0.25) is 10.0 Å². The molecule has 0 spiro atoms. The molecule has 0 aliphatic rings. The number of ketones is 2. The lowest BCUT2D eigenvalue weighted by atomic mass is 10.1. The van der Waals surface area contributed by atoms with Crippen LogP contribution >= 0.6 is 45.9 Å². The summed E-state index contributed by atoms with van der Waals surface area (Å²) >= 11 is 14.6. The monoisotopic (exact) mass is 418 g/mol. The van der Waals surface area contributed by atoms with Crippen molar-refractivity contribution in [2.24, 2.45) is 0 Å². The van der Waals surface area contributed by atoms with Gasteiger partial charge in [0.2, 0.25) is 0 Å². The van der Waals surface area contributed by atoms with Crippen LogP contribution in [0.25, 0.3) is 12.2 Å². The average Bonchev–Trinajstić information content (AvgIpc) is 3.26. The van der Waals surface area contributed by atoms with E-state index in [1.165, 1.54) is 34.8 Å². The standard InChI is InChI=1S/C20H12Cl2O2S2/c21-15-9-11-25-19(15)17(23)7-5-13-1-2-14(4-3-13)6-8-18(24)20-16(22)10-12-26-20/h1-12H/b7-5+,8-6+. The first-order chi connectivity index (χ1) is 12.5. The zero-order valence-corrected chi connectivity index (χ0v) is 16.5. The highest BCUT2D eigenvalue weighted by molar-refractivity contribution is 7.13. The summed E-state index contributed by atoms with van der Waals surface area (Å²) in [5, 5.41) is 4.52. The summed E-state index contributed by atoms with van der Waals surface area (Å²) in [5.74, 6) is -0.236. The van der Waals surface area contributed by atoms with Gasteiger partial charge in [-0.15, -0.1) is 22.7 Å². The molecule has 3 rings (SSSR count). The Bertz CT molecular complexity index is 914. The Morgan fingerprint density at radius 2 is 1.08 bits per heavy atom. The van der Waals surface area contributed by atoms with Crippen LogP contribution in [0.15, 0.2) is 59.3 Å². The van der Waals surface area contributed by atoms with Crippen molar-refractivity contribution in [3.63, 3.8) is 0 Å². The maximum Gasteiger partial charge on any atom is 0.197 e. The third-order valence-electron chi connectivity index (χ3n) is 3.47. The third kappa shape index (κ3) is 4.59. The molecular formula is C20H12Cl2O2S2. The van der Waals surface area contributed by atoms with Gasteiger partial charge in [-0.2, -0.15) is 0 Å². The fraction of sp³-hybridized carbons (Fsp3) is 0. The van der Waals surface area contributed by atoms with Crippen LogP contribution in [0.5, 0.6) is 0 Å². The van der Waals surface area contributed by atoms with Crippen molar-refractivity contribution in [1.29, 1.82) is 0 Å². The maximum absolute atomic E-state index is 12.1. The summed E-state index contributed by atoms with van der Waals surface area (Å²) < 4.78 is 0. The van der Waals surface area contributed by atoms with Gasteiger partial charge < -0.3 is 0 Å². The largest absolute Gasteiger partial charge is 0.288 e. The van der Waals surface area contributed by atoms with E-state index in [1.807, 2.05) is 24.3 Å². The summed E-state index contributed by atoms with van der Waals surface area (Å²) in [6.45, 7) is 0. The first-order valence-electron chi connectivity index (χ1n) is 7.55. The molecule has 2 nitrogen and oxygen atoms in total. The molecule has 1 aromatic carbocycles. The normalized spacial score (nSPS) is 11.5.